The Bertz CT molecular complexity index is 446. The molecule has 0 aromatic heterocycles. The zero-order chi connectivity index (χ0) is 14.8. The van der Waals surface area contributed by atoms with E-state index in [-0.39, 0.29) is 11.0 Å². The Kier molecular flexibility index (Phi) is 4.61. The summed E-state index contributed by atoms with van der Waals surface area (Å²) in [7, 11) is 0. The first-order chi connectivity index (χ1) is 10.2. The normalized spacial score (nSPS) is 27.0. The molecule has 1 aromatic carbocycles. The molecule has 2 aliphatic rings. The van der Waals surface area contributed by atoms with Crippen molar-refractivity contribution in [1.29, 1.82) is 0 Å². The topological polar surface area (TPSA) is 9.23 Å². The van der Waals surface area contributed by atoms with Crippen LogP contribution in [0.5, 0.6) is 0 Å². The van der Waals surface area contributed by atoms with Gasteiger partial charge in [-0.15, -0.1) is 11.6 Å². The average Bonchev–Trinajstić information content (AvgIpc) is 3.16. The van der Waals surface area contributed by atoms with Gasteiger partial charge in [-0.2, -0.15) is 0 Å². The van der Waals surface area contributed by atoms with Crippen molar-refractivity contribution in [3.63, 3.8) is 0 Å². The summed E-state index contributed by atoms with van der Waals surface area (Å²) in [5, 5.41) is 0. The molecule has 2 fully saturated rings. The van der Waals surface area contributed by atoms with Gasteiger partial charge in [-0.1, -0.05) is 50.1 Å². The molecule has 1 aliphatic heterocycles. The average molecular weight is 307 g/mol. The fourth-order valence-electron chi connectivity index (χ4n) is 4.35. The van der Waals surface area contributed by atoms with Crippen LogP contribution < -0.4 is 0 Å². The summed E-state index contributed by atoms with van der Waals surface area (Å²) < 4.78 is 6.53. The van der Waals surface area contributed by atoms with Gasteiger partial charge in [0.05, 0.1) is 11.7 Å². The van der Waals surface area contributed by atoms with Crippen LogP contribution in [0.3, 0.4) is 0 Å². The van der Waals surface area contributed by atoms with E-state index in [2.05, 4.69) is 37.3 Å². The van der Waals surface area contributed by atoms with Crippen molar-refractivity contribution in [2.24, 2.45) is 0 Å². The molecule has 2 atom stereocenters. The Morgan fingerprint density at radius 2 is 1.90 bits per heavy atom. The number of hydrogen-bond acceptors (Lipinski definition) is 1. The summed E-state index contributed by atoms with van der Waals surface area (Å²) in [5.74, 6) is 0.681. The third kappa shape index (κ3) is 3.00. The predicted molar refractivity (Wildman–Crippen MR) is 89.1 cm³/mol. The highest BCUT2D eigenvalue weighted by Crippen LogP contribution is 2.46. The van der Waals surface area contributed by atoms with E-state index in [0.717, 1.165) is 12.8 Å². The zero-order valence-corrected chi connectivity index (χ0v) is 13.9. The predicted octanol–water partition coefficient (Wildman–Crippen LogP) is 5.46. The van der Waals surface area contributed by atoms with Crippen molar-refractivity contribution in [1.82, 2.24) is 0 Å². The van der Waals surface area contributed by atoms with E-state index in [1.54, 1.807) is 0 Å². The number of benzene rings is 1. The summed E-state index contributed by atoms with van der Waals surface area (Å²) in [6, 6.07) is 10.8. The molecule has 116 valence electrons. The minimum atomic E-state index is 0.0671. The third-order valence-electron chi connectivity index (χ3n) is 5.79. The molecular weight excluding hydrogens is 280 g/mol. The van der Waals surface area contributed by atoms with E-state index >= 15 is 0 Å². The maximum atomic E-state index is 6.53. The second-order valence-corrected chi connectivity index (χ2v) is 7.27. The molecule has 2 unspecified atom stereocenters. The SMILES string of the molecule is CCC(CCl)(CC1CCC2(CCCC2)O1)c1ccccc1. The maximum absolute atomic E-state index is 6.53. The minimum absolute atomic E-state index is 0.0671. The number of halogens is 1. The second-order valence-electron chi connectivity index (χ2n) is 7.01. The Morgan fingerprint density at radius 1 is 1.19 bits per heavy atom. The molecule has 1 heterocycles. The summed E-state index contributed by atoms with van der Waals surface area (Å²) in [6.45, 7) is 2.26. The first kappa shape index (κ1) is 15.4. The van der Waals surface area contributed by atoms with Crippen LogP contribution in [-0.2, 0) is 10.2 Å². The van der Waals surface area contributed by atoms with E-state index < -0.39 is 0 Å². The molecule has 0 radical (unpaired) electrons. The van der Waals surface area contributed by atoms with Crippen LogP contribution >= 0.6 is 11.6 Å². The number of alkyl halides is 1. The quantitative estimate of drug-likeness (QED) is 0.657. The monoisotopic (exact) mass is 306 g/mol. The van der Waals surface area contributed by atoms with Crippen molar-refractivity contribution in [2.45, 2.75) is 75.4 Å². The van der Waals surface area contributed by atoms with E-state index in [1.165, 1.54) is 44.1 Å². The van der Waals surface area contributed by atoms with Crippen molar-refractivity contribution in [3.05, 3.63) is 35.9 Å². The van der Waals surface area contributed by atoms with Gasteiger partial charge in [0.15, 0.2) is 0 Å². The fraction of sp³-hybridized carbons (Fsp3) is 0.684. The molecule has 0 N–H and O–H groups in total. The van der Waals surface area contributed by atoms with Crippen LogP contribution in [0.2, 0.25) is 0 Å². The highest BCUT2D eigenvalue weighted by molar-refractivity contribution is 6.18. The molecule has 1 saturated carbocycles. The van der Waals surface area contributed by atoms with Crippen molar-refractivity contribution < 1.29 is 4.74 Å². The van der Waals surface area contributed by atoms with Crippen LogP contribution in [0.15, 0.2) is 30.3 Å². The molecular formula is C19H27ClO. The van der Waals surface area contributed by atoms with Crippen LogP contribution in [-0.4, -0.2) is 17.6 Å². The lowest BCUT2D eigenvalue weighted by atomic mass is 9.75. The van der Waals surface area contributed by atoms with Crippen molar-refractivity contribution >= 4 is 11.6 Å². The van der Waals surface area contributed by atoms with E-state index in [1.807, 2.05) is 0 Å². The highest BCUT2D eigenvalue weighted by Gasteiger charge is 2.44. The molecule has 1 spiro atoms. The third-order valence-corrected chi connectivity index (χ3v) is 6.30. The fourth-order valence-corrected chi connectivity index (χ4v) is 4.80. The molecule has 1 saturated heterocycles. The summed E-state index contributed by atoms with van der Waals surface area (Å²) in [6.07, 6.45) is 10.2. The van der Waals surface area contributed by atoms with Gasteiger partial charge in [-0.25, -0.2) is 0 Å². The molecule has 3 rings (SSSR count). The van der Waals surface area contributed by atoms with Gasteiger partial charge < -0.3 is 4.74 Å². The molecule has 0 bridgehead atoms. The van der Waals surface area contributed by atoms with Gasteiger partial charge in [0.2, 0.25) is 0 Å². The maximum Gasteiger partial charge on any atom is 0.0687 e. The minimum Gasteiger partial charge on any atom is -0.372 e. The Balaban J connectivity index is 1.74. The Morgan fingerprint density at radius 3 is 2.52 bits per heavy atom. The molecule has 1 aliphatic carbocycles. The van der Waals surface area contributed by atoms with E-state index in [0.29, 0.717) is 12.0 Å². The number of hydrogen-bond donors (Lipinski definition) is 0. The Hall–Kier alpha value is -0.530. The Labute approximate surface area is 134 Å². The largest absolute Gasteiger partial charge is 0.372 e. The summed E-state index contributed by atoms with van der Waals surface area (Å²) >= 11 is 6.43. The van der Waals surface area contributed by atoms with E-state index in [4.69, 9.17) is 16.3 Å². The second kappa shape index (κ2) is 6.30. The molecule has 21 heavy (non-hydrogen) atoms. The lowest BCUT2D eigenvalue weighted by Gasteiger charge is -2.34. The molecule has 1 aromatic rings. The smallest absolute Gasteiger partial charge is 0.0687 e. The lowest BCUT2D eigenvalue weighted by Crippen LogP contribution is -2.34. The molecule has 2 heteroatoms. The molecule has 1 nitrogen and oxygen atoms in total. The van der Waals surface area contributed by atoms with Crippen LogP contribution in [0.4, 0.5) is 0 Å². The van der Waals surface area contributed by atoms with Crippen LogP contribution in [0, 0.1) is 0 Å². The van der Waals surface area contributed by atoms with Crippen molar-refractivity contribution in [3.8, 4) is 0 Å². The number of ether oxygens (including phenoxy) is 1. The zero-order valence-electron chi connectivity index (χ0n) is 13.1. The van der Waals surface area contributed by atoms with E-state index in [9.17, 15) is 0 Å². The van der Waals surface area contributed by atoms with Crippen molar-refractivity contribution in [2.75, 3.05) is 5.88 Å². The lowest BCUT2D eigenvalue weighted by molar-refractivity contribution is -0.0459. The number of rotatable bonds is 5. The van der Waals surface area contributed by atoms with Gasteiger partial charge in [0.25, 0.3) is 0 Å². The summed E-state index contributed by atoms with van der Waals surface area (Å²) in [5.41, 5.74) is 1.67. The van der Waals surface area contributed by atoms with Crippen LogP contribution in [0.25, 0.3) is 0 Å². The van der Waals surface area contributed by atoms with Gasteiger partial charge in [-0.05, 0) is 44.1 Å². The first-order valence-corrected chi connectivity index (χ1v) is 9.05. The van der Waals surface area contributed by atoms with Gasteiger partial charge in [0.1, 0.15) is 0 Å². The van der Waals surface area contributed by atoms with Gasteiger partial charge >= 0.3 is 0 Å². The first-order valence-electron chi connectivity index (χ1n) is 8.51. The standard InChI is InChI=1S/C19H27ClO/c1-2-18(15-20,16-8-4-3-5-9-16)14-17-10-13-19(21-17)11-6-7-12-19/h3-5,8-9,17H,2,6-7,10-15H2,1H3. The highest BCUT2D eigenvalue weighted by atomic mass is 35.5. The van der Waals surface area contributed by atoms with Crippen LogP contribution in [0.1, 0.15) is 63.9 Å². The molecule has 0 amide bonds. The van der Waals surface area contributed by atoms with Gasteiger partial charge in [0, 0.05) is 11.3 Å². The summed E-state index contributed by atoms with van der Waals surface area (Å²) in [4.78, 5) is 0. The van der Waals surface area contributed by atoms with Gasteiger partial charge in [-0.3, -0.25) is 0 Å².